The molecule has 0 unspecified atom stereocenters. The van der Waals surface area contributed by atoms with Gasteiger partial charge in [-0.1, -0.05) is 19.9 Å². The van der Waals surface area contributed by atoms with E-state index in [1.807, 2.05) is 24.3 Å². The number of rotatable bonds is 4. The number of nitrogens with zero attached hydrogens (tertiary/aromatic N) is 3. The first-order chi connectivity index (χ1) is 15.2. The second kappa shape index (κ2) is 7.27. The highest BCUT2D eigenvalue weighted by Gasteiger charge is 2.32. The van der Waals surface area contributed by atoms with Gasteiger partial charge >= 0.3 is 0 Å². The Balaban J connectivity index is 1.67. The van der Waals surface area contributed by atoms with Crippen molar-refractivity contribution < 1.29 is 13.2 Å². The second-order valence-corrected chi connectivity index (χ2v) is 10.6. The Labute approximate surface area is 186 Å². The zero-order chi connectivity index (χ0) is 22.5. The summed E-state index contributed by atoms with van der Waals surface area (Å²) in [6, 6.07) is 11.4. The molecule has 1 N–H and O–H groups in total. The van der Waals surface area contributed by atoms with E-state index in [0.29, 0.717) is 23.5 Å². The van der Waals surface area contributed by atoms with Crippen LogP contribution in [0.3, 0.4) is 0 Å². The van der Waals surface area contributed by atoms with Crippen molar-refractivity contribution in [3.8, 4) is 16.9 Å². The molecule has 0 bridgehead atoms. The number of ether oxygens (including phenoxy) is 1. The highest BCUT2D eigenvalue weighted by atomic mass is 32.2. The first-order valence-corrected chi connectivity index (χ1v) is 12.1. The van der Waals surface area contributed by atoms with Gasteiger partial charge in [-0.25, -0.2) is 8.42 Å². The van der Waals surface area contributed by atoms with Crippen LogP contribution in [-0.2, 0) is 15.3 Å². The highest BCUT2D eigenvalue weighted by molar-refractivity contribution is 7.90. The Morgan fingerprint density at radius 2 is 1.84 bits per heavy atom. The van der Waals surface area contributed by atoms with Crippen LogP contribution in [0.1, 0.15) is 19.4 Å². The first kappa shape index (κ1) is 20.4. The lowest BCUT2D eigenvalue weighted by molar-refractivity contribution is 0.291. The molecule has 1 aliphatic rings. The third kappa shape index (κ3) is 3.56. The van der Waals surface area contributed by atoms with Crippen molar-refractivity contribution in [2.75, 3.05) is 18.2 Å². The summed E-state index contributed by atoms with van der Waals surface area (Å²) in [7, 11) is -3.42. The molecule has 8 heteroatoms. The van der Waals surface area contributed by atoms with E-state index in [2.05, 4.69) is 40.2 Å². The van der Waals surface area contributed by atoms with E-state index in [4.69, 9.17) is 4.74 Å². The molecule has 0 spiro atoms. The van der Waals surface area contributed by atoms with Gasteiger partial charge in [0.05, 0.1) is 34.4 Å². The Bertz CT molecular complexity index is 1470. The van der Waals surface area contributed by atoms with Crippen molar-refractivity contribution in [3.63, 3.8) is 0 Å². The fourth-order valence-electron chi connectivity index (χ4n) is 4.01. The van der Waals surface area contributed by atoms with Crippen LogP contribution in [0.25, 0.3) is 22.2 Å². The molecular weight excluding hydrogens is 424 g/mol. The summed E-state index contributed by atoms with van der Waals surface area (Å²) in [5, 5.41) is 3.22. The Morgan fingerprint density at radius 3 is 2.66 bits per heavy atom. The summed E-state index contributed by atoms with van der Waals surface area (Å²) >= 11 is 0. The molecule has 0 atom stereocenters. The van der Waals surface area contributed by atoms with Gasteiger partial charge < -0.3 is 10.1 Å². The van der Waals surface area contributed by atoms with Crippen LogP contribution in [0, 0.1) is 0 Å². The zero-order valence-electron chi connectivity index (χ0n) is 18.0. The number of aromatic nitrogens is 3. The second-order valence-electron chi connectivity index (χ2n) is 8.60. The monoisotopic (exact) mass is 446 g/mol. The number of benzene rings is 2. The molecule has 162 valence electrons. The molecule has 0 saturated carbocycles. The van der Waals surface area contributed by atoms with Crippen LogP contribution in [0.5, 0.6) is 5.75 Å². The average Bonchev–Trinajstić information content (AvgIpc) is 3.07. The van der Waals surface area contributed by atoms with Crippen LogP contribution in [0.15, 0.2) is 66.1 Å². The number of sulfone groups is 1. The maximum Gasteiger partial charge on any atom is 0.177 e. The smallest absolute Gasteiger partial charge is 0.177 e. The van der Waals surface area contributed by atoms with E-state index in [9.17, 15) is 8.42 Å². The van der Waals surface area contributed by atoms with Crippen molar-refractivity contribution in [1.29, 1.82) is 0 Å². The lowest BCUT2D eigenvalue weighted by atomic mass is 9.85. The number of anilines is 2. The normalized spacial score (nSPS) is 14.7. The molecular formula is C24H22N4O3S. The van der Waals surface area contributed by atoms with Gasteiger partial charge in [-0.15, -0.1) is 0 Å². The largest absolute Gasteiger partial charge is 0.492 e. The van der Waals surface area contributed by atoms with Crippen molar-refractivity contribution in [3.05, 3.63) is 66.7 Å². The van der Waals surface area contributed by atoms with E-state index >= 15 is 0 Å². The number of pyridine rings is 1. The first-order valence-electron chi connectivity index (χ1n) is 10.2. The van der Waals surface area contributed by atoms with Crippen molar-refractivity contribution in [2.45, 2.75) is 24.2 Å². The summed E-state index contributed by atoms with van der Waals surface area (Å²) < 4.78 is 30.3. The van der Waals surface area contributed by atoms with Gasteiger partial charge in [0.2, 0.25) is 0 Å². The van der Waals surface area contributed by atoms with Gasteiger partial charge in [-0.2, -0.15) is 0 Å². The van der Waals surface area contributed by atoms with Gasteiger partial charge in [0.1, 0.15) is 5.75 Å². The molecule has 32 heavy (non-hydrogen) atoms. The maximum absolute atomic E-state index is 12.2. The number of fused-ring (bicyclic) bond motifs is 2. The predicted octanol–water partition coefficient (Wildman–Crippen LogP) is 4.51. The van der Waals surface area contributed by atoms with Gasteiger partial charge in [0.25, 0.3) is 0 Å². The minimum absolute atomic E-state index is 0.0806. The Morgan fingerprint density at radius 1 is 1.03 bits per heavy atom. The lowest BCUT2D eigenvalue weighted by Gasteiger charge is -2.17. The summed E-state index contributed by atoms with van der Waals surface area (Å²) in [4.78, 5) is 13.3. The molecule has 0 amide bonds. The molecule has 2 aromatic carbocycles. The minimum Gasteiger partial charge on any atom is -0.492 e. The molecule has 3 heterocycles. The molecule has 4 aromatic rings. The molecule has 0 saturated heterocycles. The number of hydrogen-bond acceptors (Lipinski definition) is 7. The molecule has 2 aromatic heterocycles. The van der Waals surface area contributed by atoms with Gasteiger partial charge in [0.15, 0.2) is 9.84 Å². The van der Waals surface area contributed by atoms with Crippen LogP contribution in [-0.4, -0.2) is 36.2 Å². The van der Waals surface area contributed by atoms with Crippen LogP contribution in [0.2, 0.25) is 0 Å². The molecule has 1 aliphatic heterocycles. The van der Waals surface area contributed by atoms with Crippen LogP contribution < -0.4 is 10.1 Å². The van der Waals surface area contributed by atoms with Gasteiger partial charge in [-0.05, 0) is 35.9 Å². The highest BCUT2D eigenvalue weighted by Crippen LogP contribution is 2.42. The summed E-state index contributed by atoms with van der Waals surface area (Å²) in [6.45, 7) is 4.96. The molecule has 7 nitrogen and oxygen atoms in total. The summed E-state index contributed by atoms with van der Waals surface area (Å²) in [6.07, 6.45) is 7.46. The average molecular weight is 447 g/mol. The summed E-state index contributed by atoms with van der Waals surface area (Å²) in [5.41, 5.74) is 5.53. The lowest BCUT2D eigenvalue weighted by Crippen LogP contribution is -2.18. The van der Waals surface area contributed by atoms with Crippen molar-refractivity contribution in [2.24, 2.45) is 0 Å². The SMILES string of the molecule is CC1(C)COc2ccc(-c3cc(Nc4cnccc4S(C)(=O)=O)cc4nccnc34)cc21. The molecule has 0 aliphatic carbocycles. The van der Waals surface area contributed by atoms with E-state index < -0.39 is 9.84 Å². The van der Waals surface area contributed by atoms with Gasteiger partial charge in [0, 0.05) is 47.1 Å². The van der Waals surface area contributed by atoms with E-state index in [0.717, 1.165) is 28.0 Å². The molecule has 5 rings (SSSR count). The van der Waals surface area contributed by atoms with E-state index in [1.54, 1.807) is 12.4 Å². The third-order valence-corrected chi connectivity index (χ3v) is 6.80. The van der Waals surface area contributed by atoms with Crippen LogP contribution in [0.4, 0.5) is 11.4 Å². The number of nitrogens with one attached hydrogen (secondary N) is 1. The topological polar surface area (TPSA) is 94.1 Å². The minimum atomic E-state index is -3.42. The van der Waals surface area contributed by atoms with Crippen molar-refractivity contribution >= 4 is 32.2 Å². The van der Waals surface area contributed by atoms with Crippen LogP contribution >= 0.6 is 0 Å². The zero-order valence-corrected chi connectivity index (χ0v) is 18.8. The standard InChI is InChI=1S/C24H22N4O3S/c1-24(2)14-31-21-5-4-15(10-18(21)24)17-11-16(12-19-23(17)27-9-8-26-19)28-20-13-25-7-6-22(20)32(3,29)30/h4-13,28H,14H2,1-3H3. The Kier molecular flexibility index (Phi) is 4.63. The van der Waals surface area contributed by atoms with Gasteiger partial charge in [-0.3, -0.25) is 15.0 Å². The fourth-order valence-corrected chi connectivity index (χ4v) is 4.82. The quantitative estimate of drug-likeness (QED) is 0.493. The maximum atomic E-state index is 12.2. The van der Waals surface area contributed by atoms with E-state index in [1.165, 1.54) is 24.7 Å². The van der Waals surface area contributed by atoms with Crippen molar-refractivity contribution in [1.82, 2.24) is 15.0 Å². The molecule has 0 radical (unpaired) electrons. The predicted molar refractivity (Wildman–Crippen MR) is 124 cm³/mol. The molecule has 0 fully saturated rings. The summed E-state index contributed by atoms with van der Waals surface area (Å²) in [5.74, 6) is 0.900. The van der Waals surface area contributed by atoms with E-state index in [-0.39, 0.29) is 10.3 Å². The number of hydrogen-bond donors (Lipinski definition) is 1. The third-order valence-electron chi connectivity index (χ3n) is 5.64. The fraction of sp³-hybridized carbons (Fsp3) is 0.208. The Hall–Kier alpha value is -3.52.